The van der Waals surface area contributed by atoms with Crippen LogP contribution >= 0.6 is 0 Å². The number of aromatic nitrogens is 1. The number of halogens is 1. The molecule has 212 valence electrons. The highest BCUT2D eigenvalue weighted by Crippen LogP contribution is 2.36. The molecule has 2 N–H and O–H groups in total. The van der Waals surface area contributed by atoms with E-state index in [9.17, 15) is 22.4 Å². The van der Waals surface area contributed by atoms with Crippen molar-refractivity contribution in [1.82, 2.24) is 9.47 Å². The predicted octanol–water partition coefficient (Wildman–Crippen LogP) is 4.66. The van der Waals surface area contributed by atoms with Gasteiger partial charge in [-0.25, -0.2) is 17.6 Å². The number of amides is 2. The summed E-state index contributed by atoms with van der Waals surface area (Å²) in [5.41, 5.74) is 1.75. The lowest BCUT2D eigenvalue weighted by atomic mass is 9.83. The first-order chi connectivity index (χ1) is 19.6. The van der Waals surface area contributed by atoms with Crippen LogP contribution in [0.25, 0.3) is 10.8 Å². The molecule has 9 nitrogen and oxygen atoms in total. The Morgan fingerprint density at radius 3 is 2.41 bits per heavy atom. The Hall–Kier alpha value is -4.38. The first-order valence-electron chi connectivity index (χ1n) is 13.4. The zero-order valence-corrected chi connectivity index (χ0v) is 23.5. The van der Waals surface area contributed by atoms with Crippen LogP contribution in [0.5, 0.6) is 0 Å². The third-order valence-corrected chi connectivity index (χ3v) is 9.29. The number of urea groups is 1. The maximum atomic E-state index is 13.6. The Labute approximate surface area is 237 Å². The molecule has 0 aliphatic carbocycles. The second kappa shape index (κ2) is 10.2. The molecule has 2 aliphatic heterocycles. The van der Waals surface area contributed by atoms with Crippen LogP contribution in [0.4, 0.5) is 26.2 Å². The van der Waals surface area contributed by atoms with Gasteiger partial charge in [-0.05, 0) is 60.9 Å². The van der Waals surface area contributed by atoms with Gasteiger partial charge in [0.25, 0.3) is 15.6 Å². The summed E-state index contributed by atoms with van der Waals surface area (Å²) in [6.07, 6.45) is 0.828. The van der Waals surface area contributed by atoms with E-state index in [1.54, 1.807) is 27.7 Å². The Kier molecular flexibility index (Phi) is 6.69. The summed E-state index contributed by atoms with van der Waals surface area (Å²) >= 11 is 0. The van der Waals surface area contributed by atoms with E-state index in [4.69, 9.17) is 0 Å². The molecule has 3 aromatic carbocycles. The third-order valence-electron chi connectivity index (χ3n) is 7.86. The van der Waals surface area contributed by atoms with E-state index in [1.807, 2.05) is 37.2 Å². The number of fused-ring (bicyclic) bond motifs is 5. The highest BCUT2D eigenvalue weighted by atomic mass is 32.2. The summed E-state index contributed by atoms with van der Waals surface area (Å²) in [6, 6.07) is 19.2. The molecule has 1 saturated heterocycles. The number of nitrogens with one attached hydrogen (secondary N) is 2. The van der Waals surface area contributed by atoms with Crippen LogP contribution in [0.15, 0.2) is 82.5 Å². The molecule has 1 fully saturated rings. The highest BCUT2D eigenvalue weighted by molar-refractivity contribution is 7.93. The van der Waals surface area contributed by atoms with E-state index < -0.39 is 15.6 Å². The van der Waals surface area contributed by atoms with Gasteiger partial charge in [-0.15, -0.1) is 0 Å². The number of sulfonamides is 1. The first-order valence-corrected chi connectivity index (χ1v) is 14.9. The van der Waals surface area contributed by atoms with Crippen molar-refractivity contribution in [3.8, 4) is 0 Å². The van der Waals surface area contributed by atoms with Gasteiger partial charge < -0.3 is 19.7 Å². The van der Waals surface area contributed by atoms with Crippen molar-refractivity contribution >= 4 is 43.9 Å². The fourth-order valence-electron chi connectivity index (χ4n) is 6.01. The molecule has 2 amide bonds. The topological polar surface area (TPSA) is 104 Å². The SMILES string of the molecule is CN(C)c1cccc2c(S(=O)(=O)Nc3ccc4n(c3=O)C[C@H]3C[C@@H]4CN(C(=O)Nc4ccc(F)cc4)C3)cccc12. The molecule has 6 rings (SSSR count). The van der Waals surface area contributed by atoms with Gasteiger partial charge in [-0.2, -0.15) is 0 Å². The quantitative estimate of drug-likeness (QED) is 0.360. The maximum Gasteiger partial charge on any atom is 0.321 e. The Morgan fingerprint density at radius 1 is 0.927 bits per heavy atom. The molecule has 1 aromatic heterocycles. The Balaban J connectivity index is 1.25. The van der Waals surface area contributed by atoms with Crippen LogP contribution in [-0.2, 0) is 16.6 Å². The number of hydrogen-bond donors (Lipinski definition) is 2. The second-order valence-electron chi connectivity index (χ2n) is 10.9. The summed E-state index contributed by atoms with van der Waals surface area (Å²) < 4.78 is 44.5. The van der Waals surface area contributed by atoms with Gasteiger partial charge >= 0.3 is 6.03 Å². The minimum Gasteiger partial charge on any atom is -0.377 e. The van der Waals surface area contributed by atoms with Crippen molar-refractivity contribution in [3.63, 3.8) is 0 Å². The van der Waals surface area contributed by atoms with Crippen molar-refractivity contribution in [2.75, 3.05) is 42.1 Å². The van der Waals surface area contributed by atoms with Crippen molar-refractivity contribution in [1.29, 1.82) is 0 Å². The number of carbonyl (C=O) groups is 1. The van der Waals surface area contributed by atoms with Crippen molar-refractivity contribution in [3.05, 3.63) is 94.7 Å². The Morgan fingerprint density at radius 2 is 1.66 bits per heavy atom. The zero-order valence-electron chi connectivity index (χ0n) is 22.7. The van der Waals surface area contributed by atoms with E-state index in [2.05, 4.69) is 10.0 Å². The summed E-state index contributed by atoms with van der Waals surface area (Å²) in [5, 5.41) is 4.17. The highest BCUT2D eigenvalue weighted by Gasteiger charge is 2.37. The van der Waals surface area contributed by atoms with Crippen LogP contribution < -0.4 is 20.5 Å². The summed E-state index contributed by atoms with van der Waals surface area (Å²) in [6.45, 7) is 1.24. The number of anilines is 3. The van der Waals surface area contributed by atoms with Crippen molar-refractivity contribution < 1.29 is 17.6 Å². The van der Waals surface area contributed by atoms with Gasteiger partial charge in [0.1, 0.15) is 11.5 Å². The van der Waals surface area contributed by atoms with Gasteiger partial charge in [-0.3, -0.25) is 9.52 Å². The van der Waals surface area contributed by atoms with Gasteiger partial charge in [0.05, 0.1) is 4.90 Å². The van der Waals surface area contributed by atoms with E-state index in [0.717, 1.165) is 23.2 Å². The molecule has 0 saturated carbocycles. The first kappa shape index (κ1) is 26.8. The largest absolute Gasteiger partial charge is 0.377 e. The van der Waals surface area contributed by atoms with Crippen molar-refractivity contribution in [2.45, 2.75) is 23.8 Å². The van der Waals surface area contributed by atoms with Crippen LogP contribution in [0.2, 0.25) is 0 Å². The number of hydrogen-bond acceptors (Lipinski definition) is 5. The minimum absolute atomic E-state index is 0.0135. The zero-order chi connectivity index (χ0) is 28.9. The van der Waals surface area contributed by atoms with Gasteiger partial charge in [-0.1, -0.05) is 24.3 Å². The second-order valence-corrected chi connectivity index (χ2v) is 12.5. The lowest BCUT2D eigenvalue weighted by molar-refractivity contribution is 0.139. The molecule has 2 aliphatic rings. The maximum absolute atomic E-state index is 13.6. The summed E-state index contributed by atoms with van der Waals surface area (Å²) in [5.74, 6) is -0.413. The van der Waals surface area contributed by atoms with E-state index in [0.29, 0.717) is 30.7 Å². The number of pyridine rings is 1. The van der Waals surface area contributed by atoms with E-state index in [1.165, 1.54) is 36.4 Å². The number of piperidine rings is 1. The number of likely N-dealkylation sites (tertiary alicyclic amines) is 1. The molecular formula is C30H30FN5O4S. The van der Waals surface area contributed by atoms with Crippen molar-refractivity contribution in [2.24, 2.45) is 5.92 Å². The molecule has 11 heteroatoms. The molecule has 2 bridgehead atoms. The van der Waals surface area contributed by atoms with Gasteiger partial charge in [0.2, 0.25) is 0 Å². The monoisotopic (exact) mass is 575 g/mol. The Bertz CT molecular complexity index is 1820. The average Bonchev–Trinajstić information content (AvgIpc) is 2.95. The van der Waals surface area contributed by atoms with E-state index in [-0.39, 0.29) is 34.3 Å². The molecule has 41 heavy (non-hydrogen) atoms. The van der Waals surface area contributed by atoms with Crippen LogP contribution in [-0.4, -0.2) is 51.1 Å². The lowest BCUT2D eigenvalue weighted by Gasteiger charge is -2.42. The number of nitrogens with zero attached hydrogens (tertiary/aromatic N) is 3. The van der Waals surface area contributed by atoms with Crippen LogP contribution in [0.3, 0.4) is 0 Å². The molecular weight excluding hydrogens is 545 g/mol. The molecule has 0 unspecified atom stereocenters. The van der Waals surface area contributed by atoms with Gasteiger partial charge in [0, 0.05) is 67.5 Å². The number of carbonyl (C=O) groups excluding carboxylic acids is 1. The summed E-state index contributed by atoms with van der Waals surface area (Å²) in [4.78, 5) is 30.2. The fourth-order valence-corrected chi connectivity index (χ4v) is 7.29. The molecule has 4 aromatic rings. The summed E-state index contributed by atoms with van der Waals surface area (Å²) in [7, 11) is -0.274. The van der Waals surface area contributed by atoms with Crippen LogP contribution in [0, 0.1) is 11.7 Å². The lowest BCUT2D eigenvalue weighted by Crippen LogP contribution is -2.50. The van der Waals surface area contributed by atoms with Gasteiger partial charge in [0.15, 0.2) is 0 Å². The standard InChI is InChI=1S/C30H30FN5O4S/c1-34(2)27-7-3-6-24-23(27)5-4-8-28(24)41(39,40)33-25-13-14-26-20-15-19(17-36(26)29(25)37)16-35(18-20)30(38)32-22-11-9-21(31)10-12-22/h3-14,19-20,33H,15-18H2,1-2H3,(H,32,38)/t19-,20+/m0/s1. The number of rotatable bonds is 5. The number of benzene rings is 3. The molecule has 2 atom stereocenters. The molecule has 0 spiro atoms. The van der Waals surface area contributed by atoms with Crippen LogP contribution in [0.1, 0.15) is 18.0 Å². The smallest absolute Gasteiger partial charge is 0.321 e. The normalized spacial score (nSPS) is 18.1. The average molecular weight is 576 g/mol. The molecule has 0 radical (unpaired) electrons. The minimum atomic E-state index is -4.07. The predicted molar refractivity (Wildman–Crippen MR) is 158 cm³/mol. The molecule has 3 heterocycles. The third kappa shape index (κ3) is 5.01. The van der Waals surface area contributed by atoms with E-state index >= 15 is 0 Å². The fraction of sp³-hybridized carbons (Fsp3) is 0.267.